The maximum Gasteiger partial charge on any atom is 0.0447 e. The SMILES string of the molecule is C=CCCCCCC[Si](C)(C)C[Si](C)(C)C.C[Si](C)(C)C[Si](C)(C)CCCCCCCCO. The molecule has 0 aliphatic heterocycles. The molecule has 0 fully saturated rings. The smallest absolute Gasteiger partial charge is 0.0447 e. The summed E-state index contributed by atoms with van der Waals surface area (Å²) in [7, 11) is -3.43. The van der Waals surface area contributed by atoms with E-state index in [0.29, 0.717) is 6.61 Å². The third-order valence-electron chi connectivity index (χ3n) is 6.29. The molecule has 0 atom stereocenters. The van der Waals surface area contributed by atoms with E-state index in [9.17, 15) is 0 Å². The minimum absolute atomic E-state index is 0.371. The minimum Gasteiger partial charge on any atom is -0.396 e. The van der Waals surface area contributed by atoms with Gasteiger partial charge in [0.05, 0.1) is 0 Å². The van der Waals surface area contributed by atoms with Crippen molar-refractivity contribution in [3.05, 3.63) is 12.7 Å². The van der Waals surface area contributed by atoms with Crippen molar-refractivity contribution >= 4 is 32.3 Å². The van der Waals surface area contributed by atoms with Gasteiger partial charge in [-0.15, -0.1) is 6.58 Å². The highest BCUT2D eigenvalue weighted by Crippen LogP contribution is 2.26. The first-order valence-corrected chi connectivity index (χ1v) is 28.5. The van der Waals surface area contributed by atoms with Crippen LogP contribution in [0, 0.1) is 0 Å². The Hall–Kier alpha value is 0.568. The topological polar surface area (TPSA) is 20.2 Å². The predicted molar refractivity (Wildman–Crippen MR) is 169 cm³/mol. The van der Waals surface area contributed by atoms with Gasteiger partial charge in [-0.1, -0.05) is 146 Å². The van der Waals surface area contributed by atoms with Crippen molar-refractivity contribution in [2.75, 3.05) is 6.61 Å². The number of hydrogen-bond donors (Lipinski definition) is 1. The van der Waals surface area contributed by atoms with Gasteiger partial charge in [-0.2, -0.15) is 0 Å². The van der Waals surface area contributed by atoms with Crippen molar-refractivity contribution in [2.45, 2.75) is 160 Å². The van der Waals surface area contributed by atoms with Crippen LogP contribution in [0.25, 0.3) is 0 Å². The van der Waals surface area contributed by atoms with Crippen LogP contribution in [-0.2, 0) is 0 Å². The molecule has 0 bridgehead atoms. The average molecular weight is 531 g/mol. The Kier molecular flexibility index (Phi) is 20.3. The lowest BCUT2D eigenvalue weighted by molar-refractivity contribution is 0.282. The van der Waals surface area contributed by atoms with Gasteiger partial charge in [-0.05, 0) is 19.3 Å². The van der Waals surface area contributed by atoms with E-state index in [1.54, 1.807) is 17.4 Å². The van der Waals surface area contributed by atoms with Crippen molar-refractivity contribution in [2.24, 2.45) is 0 Å². The zero-order chi connectivity index (χ0) is 26.0. The van der Waals surface area contributed by atoms with Crippen LogP contribution >= 0.6 is 0 Å². The van der Waals surface area contributed by atoms with Crippen molar-refractivity contribution < 1.29 is 5.11 Å². The highest BCUT2D eigenvalue weighted by atomic mass is 28.4. The van der Waals surface area contributed by atoms with Crippen molar-refractivity contribution in [1.29, 1.82) is 0 Å². The maximum absolute atomic E-state index is 8.69. The Bertz CT molecular complexity index is 461. The molecular formula is C28H66OSi4. The van der Waals surface area contributed by atoms with E-state index in [2.05, 4.69) is 72.0 Å². The first-order chi connectivity index (χ1) is 15.0. The van der Waals surface area contributed by atoms with Crippen LogP contribution in [-0.4, -0.2) is 44.0 Å². The highest BCUT2D eigenvalue weighted by molar-refractivity contribution is 6.95. The van der Waals surface area contributed by atoms with E-state index in [-0.39, 0.29) is 0 Å². The molecule has 0 heterocycles. The molecule has 0 aliphatic carbocycles. The number of rotatable bonds is 19. The summed E-state index contributed by atoms with van der Waals surface area (Å²) in [6.45, 7) is 29.6. The van der Waals surface area contributed by atoms with Crippen molar-refractivity contribution in [3.8, 4) is 0 Å². The van der Waals surface area contributed by atoms with Crippen LogP contribution in [0.1, 0.15) is 70.6 Å². The van der Waals surface area contributed by atoms with Gasteiger partial charge in [0.2, 0.25) is 0 Å². The first-order valence-electron chi connectivity index (χ1n) is 14.3. The lowest BCUT2D eigenvalue weighted by atomic mass is 10.1. The molecule has 0 radical (unpaired) electrons. The second-order valence-corrected chi connectivity index (χ2v) is 37.4. The number of aliphatic hydroxyl groups is 1. The summed E-state index contributed by atoms with van der Waals surface area (Å²) in [6, 6.07) is 3.07. The number of hydrogen-bond acceptors (Lipinski definition) is 1. The van der Waals surface area contributed by atoms with E-state index in [0.717, 1.165) is 6.42 Å². The molecule has 0 amide bonds. The maximum atomic E-state index is 8.69. The summed E-state index contributed by atoms with van der Waals surface area (Å²) in [5, 5.41) is 8.69. The lowest BCUT2D eigenvalue weighted by Crippen LogP contribution is -2.37. The zero-order valence-electron chi connectivity index (χ0n) is 25.0. The summed E-state index contributed by atoms with van der Waals surface area (Å²) in [5.74, 6) is 0. The van der Waals surface area contributed by atoms with E-state index in [1.165, 1.54) is 70.3 Å². The molecule has 5 heteroatoms. The van der Waals surface area contributed by atoms with E-state index >= 15 is 0 Å². The van der Waals surface area contributed by atoms with Crippen LogP contribution in [0.5, 0.6) is 0 Å². The minimum atomic E-state index is -0.892. The quantitative estimate of drug-likeness (QED) is 0.0999. The number of allylic oxidation sites excluding steroid dienone is 1. The van der Waals surface area contributed by atoms with Crippen LogP contribution in [0.15, 0.2) is 12.7 Å². The first kappa shape index (κ1) is 35.7. The van der Waals surface area contributed by atoms with E-state index < -0.39 is 32.3 Å². The van der Waals surface area contributed by atoms with Crippen molar-refractivity contribution in [1.82, 2.24) is 0 Å². The summed E-state index contributed by atoms with van der Waals surface area (Å²) in [6.07, 6.45) is 16.7. The normalized spacial score (nSPS) is 12.9. The summed E-state index contributed by atoms with van der Waals surface area (Å²) < 4.78 is 0. The predicted octanol–water partition coefficient (Wildman–Crippen LogP) is 10.6. The van der Waals surface area contributed by atoms with Gasteiger partial charge in [-0.25, -0.2) is 0 Å². The summed E-state index contributed by atoms with van der Waals surface area (Å²) >= 11 is 0. The fourth-order valence-corrected chi connectivity index (χ4v) is 32.5. The van der Waals surface area contributed by atoms with Gasteiger partial charge >= 0.3 is 0 Å². The second-order valence-electron chi connectivity index (χ2n) is 14.6. The molecule has 0 aromatic heterocycles. The van der Waals surface area contributed by atoms with E-state index in [1.807, 2.05) is 6.08 Å². The molecular weight excluding hydrogens is 465 g/mol. The second kappa shape index (κ2) is 18.8. The number of aliphatic hydroxyl groups excluding tert-OH is 1. The Balaban J connectivity index is 0. The molecule has 33 heavy (non-hydrogen) atoms. The molecule has 0 aromatic carbocycles. The van der Waals surface area contributed by atoms with Crippen molar-refractivity contribution in [3.63, 3.8) is 0 Å². The zero-order valence-corrected chi connectivity index (χ0v) is 29.0. The molecule has 0 unspecified atom stereocenters. The summed E-state index contributed by atoms with van der Waals surface area (Å²) in [5.41, 5.74) is 3.19. The fourth-order valence-electron chi connectivity index (χ4n) is 5.72. The van der Waals surface area contributed by atoms with Gasteiger partial charge in [0, 0.05) is 38.9 Å². The van der Waals surface area contributed by atoms with Crippen LogP contribution < -0.4 is 0 Å². The number of unbranched alkanes of at least 4 members (excludes halogenated alkanes) is 9. The molecule has 1 N–H and O–H groups in total. The molecule has 200 valence electrons. The van der Waals surface area contributed by atoms with E-state index in [4.69, 9.17) is 5.11 Å². The standard InChI is InChI=1S/C14H34OSi2.C14H32Si2/c1-16(2,3)14-17(4,5)13-11-9-7-6-8-10-12-15;1-7-8-9-10-11-12-13-16(5,6)14-15(2,3)4/h15H,6-14H2,1-5H3;7H,1,8-14H2,2-6H3. The molecule has 0 spiro atoms. The Morgan fingerprint density at radius 2 is 0.848 bits per heavy atom. The molecule has 0 aromatic rings. The Morgan fingerprint density at radius 3 is 1.18 bits per heavy atom. The molecule has 0 rings (SSSR count). The highest BCUT2D eigenvalue weighted by Gasteiger charge is 2.28. The van der Waals surface area contributed by atoms with Crippen LogP contribution in [0.4, 0.5) is 0 Å². The third kappa shape index (κ3) is 30.5. The monoisotopic (exact) mass is 530 g/mol. The Morgan fingerprint density at radius 1 is 0.515 bits per heavy atom. The average Bonchev–Trinajstić information content (AvgIpc) is 2.60. The van der Waals surface area contributed by atoms with Gasteiger partial charge in [0.15, 0.2) is 0 Å². The fraction of sp³-hybridized carbons (Fsp3) is 0.929. The van der Waals surface area contributed by atoms with Gasteiger partial charge in [0.1, 0.15) is 0 Å². The molecule has 1 nitrogen and oxygen atoms in total. The van der Waals surface area contributed by atoms with Crippen LogP contribution in [0.2, 0.25) is 88.9 Å². The lowest BCUT2D eigenvalue weighted by Gasteiger charge is -2.29. The van der Waals surface area contributed by atoms with Gasteiger partial charge < -0.3 is 5.11 Å². The molecule has 0 saturated carbocycles. The molecule has 0 aliphatic rings. The third-order valence-corrected chi connectivity index (χ3v) is 25.8. The largest absolute Gasteiger partial charge is 0.396 e. The van der Waals surface area contributed by atoms with Crippen LogP contribution in [0.3, 0.4) is 0 Å². The van der Waals surface area contributed by atoms with Gasteiger partial charge in [-0.3, -0.25) is 0 Å². The van der Waals surface area contributed by atoms with Gasteiger partial charge in [0.25, 0.3) is 0 Å². The molecule has 0 saturated heterocycles. The summed E-state index contributed by atoms with van der Waals surface area (Å²) in [4.78, 5) is 0. The Labute approximate surface area is 215 Å².